The highest BCUT2D eigenvalue weighted by atomic mass is 19.1. The van der Waals surface area contributed by atoms with Gasteiger partial charge < -0.3 is 10.1 Å². The van der Waals surface area contributed by atoms with Crippen LogP contribution in [0.4, 0.5) is 8.78 Å². The van der Waals surface area contributed by atoms with E-state index < -0.39 is 11.6 Å². The topological polar surface area (TPSA) is 41.6 Å². The number of halogens is 2. The van der Waals surface area contributed by atoms with Crippen LogP contribution in [0.3, 0.4) is 0 Å². The summed E-state index contributed by atoms with van der Waals surface area (Å²) in [7, 11) is 0. The van der Waals surface area contributed by atoms with Gasteiger partial charge in [-0.15, -0.1) is 0 Å². The Morgan fingerprint density at radius 3 is 2.95 bits per heavy atom. The number of fused-ring (bicyclic) bond motifs is 3. The zero-order valence-corrected chi connectivity index (χ0v) is 11.9. The quantitative estimate of drug-likeness (QED) is 0.892. The molecule has 1 amide bonds. The van der Waals surface area contributed by atoms with E-state index in [-0.39, 0.29) is 30.0 Å². The van der Waals surface area contributed by atoms with E-state index in [1.54, 1.807) is 6.92 Å². The lowest BCUT2D eigenvalue weighted by atomic mass is 10.1. The van der Waals surface area contributed by atoms with E-state index in [1.165, 1.54) is 12.1 Å². The fourth-order valence-corrected chi connectivity index (χ4v) is 2.93. The van der Waals surface area contributed by atoms with Gasteiger partial charge >= 0.3 is 0 Å². The number of hydrogen-bond donors (Lipinski definition) is 1. The summed E-state index contributed by atoms with van der Waals surface area (Å²) in [4.78, 5) is 13.8. The van der Waals surface area contributed by atoms with Gasteiger partial charge in [-0.25, -0.2) is 8.78 Å². The Morgan fingerprint density at radius 1 is 1.33 bits per heavy atom. The van der Waals surface area contributed by atoms with Crippen molar-refractivity contribution in [2.45, 2.75) is 19.5 Å². The molecule has 1 aromatic carbocycles. The molecule has 114 valence electrons. The molecule has 1 N–H and O–H groups in total. The molecule has 0 spiro atoms. The summed E-state index contributed by atoms with van der Waals surface area (Å²) in [5.74, 6) is -1.36. The Kier molecular flexibility index (Phi) is 3.91. The summed E-state index contributed by atoms with van der Waals surface area (Å²) in [6.07, 6.45) is 0. The van der Waals surface area contributed by atoms with E-state index >= 15 is 0 Å². The summed E-state index contributed by atoms with van der Waals surface area (Å²) < 4.78 is 33.4. The highest BCUT2D eigenvalue weighted by molar-refractivity contribution is 5.79. The van der Waals surface area contributed by atoms with Crippen molar-refractivity contribution in [3.63, 3.8) is 0 Å². The molecule has 0 aliphatic carbocycles. The molecule has 1 aromatic rings. The standard InChI is InChI=1S/C15H18F2N2O2/c1-9-2-3-13(16)12(14(9)17)6-19-4-10-7-21-8-11(5-19)18-15(10)20/h2-3,10-11H,4-8H2,1H3,(H,18,20)/t10-,11+/m1/s1. The molecule has 2 saturated heterocycles. The van der Waals surface area contributed by atoms with E-state index in [0.717, 1.165) is 0 Å². The molecule has 2 atom stereocenters. The first kappa shape index (κ1) is 14.4. The van der Waals surface area contributed by atoms with E-state index in [0.29, 0.717) is 31.9 Å². The van der Waals surface area contributed by atoms with Gasteiger partial charge in [-0.05, 0) is 18.6 Å². The number of carbonyl (C=O) groups is 1. The maximum Gasteiger partial charge on any atom is 0.227 e. The number of nitrogens with zero attached hydrogens (tertiary/aromatic N) is 1. The molecule has 0 unspecified atom stereocenters. The molecule has 21 heavy (non-hydrogen) atoms. The number of ether oxygens (including phenoxy) is 1. The Bertz CT molecular complexity index is 565. The highest BCUT2D eigenvalue weighted by Gasteiger charge is 2.33. The number of rotatable bonds is 2. The van der Waals surface area contributed by atoms with Gasteiger partial charge in [0.05, 0.1) is 25.2 Å². The van der Waals surface area contributed by atoms with Crippen LogP contribution in [0.5, 0.6) is 0 Å². The van der Waals surface area contributed by atoms with Gasteiger partial charge in [-0.1, -0.05) is 6.07 Å². The minimum atomic E-state index is -0.539. The first-order valence-electron chi connectivity index (χ1n) is 7.08. The third kappa shape index (κ3) is 2.91. The first-order valence-corrected chi connectivity index (χ1v) is 7.08. The molecule has 2 fully saturated rings. The number of nitrogens with one attached hydrogen (secondary N) is 1. The Balaban J connectivity index is 1.82. The largest absolute Gasteiger partial charge is 0.378 e. The van der Waals surface area contributed by atoms with Crippen LogP contribution in [0.2, 0.25) is 0 Å². The zero-order valence-electron chi connectivity index (χ0n) is 11.9. The third-order valence-electron chi connectivity index (χ3n) is 4.07. The van der Waals surface area contributed by atoms with Crippen LogP contribution in [0.25, 0.3) is 0 Å². The van der Waals surface area contributed by atoms with Gasteiger partial charge in [0.15, 0.2) is 0 Å². The molecule has 2 heterocycles. The second-order valence-electron chi connectivity index (χ2n) is 5.79. The SMILES string of the molecule is Cc1ccc(F)c(CN2C[C@H]3COC[C@@H](C2)C(=O)N3)c1F. The fraction of sp³-hybridized carbons (Fsp3) is 0.533. The second kappa shape index (κ2) is 5.69. The Labute approximate surface area is 122 Å². The van der Waals surface area contributed by atoms with Gasteiger partial charge in [0.1, 0.15) is 11.6 Å². The molecule has 3 rings (SSSR count). The average molecular weight is 296 g/mol. The number of carbonyl (C=O) groups excluding carboxylic acids is 1. The van der Waals surface area contributed by atoms with Crippen molar-refractivity contribution >= 4 is 5.91 Å². The minimum Gasteiger partial charge on any atom is -0.378 e. The Hall–Kier alpha value is -1.53. The minimum absolute atomic E-state index is 0.0369. The highest BCUT2D eigenvalue weighted by Crippen LogP contribution is 2.21. The molecule has 6 heteroatoms. The van der Waals surface area contributed by atoms with Crippen molar-refractivity contribution in [2.75, 3.05) is 26.3 Å². The molecular weight excluding hydrogens is 278 g/mol. The lowest BCUT2D eigenvalue weighted by Crippen LogP contribution is -2.41. The van der Waals surface area contributed by atoms with E-state index in [2.05, 4.69) is 5.32 Å². The van der Waals surface area contributed by atoms with Crippen LogP contribution in [-0.2, 0) is 16.1 Å². The van der Waals surface area contributed by atoms with E-state index in [4.69, 9.17) is 4.74 Å². The predicted octanol–water partition coefficient (Wildman–Crippen LogP) is 1.22. The predicted molar refractivity (Wildman–Crippen MR) is 72.6 cm³/mol. The summed E-state index contributed by atoms with van der Waals surface area (Å²) in [6, 6.07) is 2.60. The lowest BCUT2D eigenvalue weighted by Gasteiger charge is -2.27. The summed E-state index contributed by atoms with van der Waals surface area (Å²) >= 11 is 0. The number of amides is 1. The average Bonchev–Trinajstić information content (AvgIpc) is 2.68. The fourth-order valence-electron chi connectivity index (χ4n) is 2.93. The summed E-state index contributed by atoms with van der Waals surface area (Å²) in [5.41, 5.74) is 0.502. The maximum atomic E-state index is 14.1. The molecule has 2 aliphatic heterocycles. The molecule has 0 radical (unpaired) electrons. The van der Waals surface area contributed by atoms with Crippen LogP contribution in [0.15, 0.2) is 12.1 Å². The zero-order chi connectivity index (χ0) is 15.0. The normalized spacial score (nSPS) is 26.3. The monoisotopic (exact) mass is 296 g/mol. The first-order chi connectivity index (χ1) is 10.0. The number of hydrogen-bond acceptors (Lipinski definition) is 3. The van der Waals surface area contributed by atoms with Gasteiger partial charge in [-0.2, -0.15) is 0 Å². The van der Waals surface area contributed by atoms with Crippen LogP contribution >= 0.6 is 0 Å². The van der Waals surface area contributed by atoms with Crippen molar-refractivity contribution in [3.05, 3.63) is 34.9 Å². The molecule has 0 saturated carbocycles. The molecule has 0 aromatic heterocycles. The van der Waals surface area contributed by atoms with Crippen molar-refractivity contribution in [2.24, 2.45) is 5.92 Å². The van der Waals surface area contributed by atoms with Crippen LogP contribution in [0.1, 0.15) is 11.1 Å². The van der Waals surface area contributed by atoms with E-state index in [1.807, 2.05) is 4.90 Å². The maximum absolute atomic E-state index is 14.1. The van der Waals surface area contributed by atoms with Gasteiger partial charge in [0.2, 0.25) is 5.91 Å². The van der Waals surface area contributed by atoms with Crippen molar-refractivity contribution in [1.29, 1.82) is 0 Å². The van der Waals surface area contributed by atoms with Crippen LogP contribution in [-0.4, -0.2) is 43.2 Å². The molecular formula is C15H18F2N2O2. The molecule has 2 bridgehead atoms. The summed E-state index contributed by atoms with van der Waals surface area (Å²) in [5, 5.41) is 2.90. The number of aryl methyl sites for hydroxylation is 1. The number of benzene rings is 1. The van der Waals surface area contributed by atoms with Crippen LogP contribution in [0, 0.1) is 24.5 Å². The van der Waals surface area contributed by atoms with Crippen molar-refractivity contribution in [1.82, 2.24) is 10.2 Å². The van der Waals surface area contributed by atoms with Gasteiger partial charge in [0.25, 0.3) is 0 Å². The second-order valence-corrected chi connectivity index (χ2v) is 5.79. The summed E-state index contributed by atoms with van der Waals surface area (Å²) in [6.45, 7) is 3.58. The van der Waals surface area contributed by atoms with Crippen LogP contribution < -0.4 is 5.32 Å². The van der Waals surface area contributed by atoms with E-state index in [9.17, 15) is 13.6 Å². The van der Waals surface area contributed by atoms with Gasteiger partial charge in [0, 0.05) is 25.2 Å². The van der Waals surface area contributed by atoms with Crippen molar-refractivity contribution in [3.8, 4) is 0 Å². The third-order valence-corrected chi connectivity index (χ3v) is 4.07. The smallest absolute Gasteiger partial charge is 0.227 e. The molecule has 4 nitrogen and oxygen atoms in total. The lowest BCUT2D eigenvalue weighted by molar-refractivity contribution is -0.125. The molecule has 2 aliphatic rings. The Morgan fingerprint density at radius 2 is 2.14 bits per heavy atom. The van der Waals surface area contributed by atoms with Gasteiger partial charge in [-0.3, -0.25) is 9.69 Å². The van der Waals surface area contributed by atoms with Crippen molar-refractivity contribution < 1.29 is 18.3 Å².